The lowest BCUT2D eigenvalue weighted by Crippen LogP contribution is -2.51. The minimum absolute atomic E-state index is 0.00165. The Kier molecular flexibility index (Phi) is 6.49. The lowest BCUT2D eigenvalue weighted by atomic mass is 9.84. The summed E-state index contributed by atoms with van der Waals surface area (Å²) in [5, 5.41) is 2.69. The molecule has 0 aliphatic carbocycles. The second-order valence-corrected chi connectivity index (χ2v) is 6.77. The predicted octanol–water partition coefficient (Wildman–Crippen LogP) is 2.30. The van der Waals surface area contributed by atoms with Crippen LogP contribution in [0.2, 0.25) is 0 Å². The molecule has 0 bridgehead atoms. The Morgan fingerprint density at radius 3 is 2.17 bits per heavy atom. The largest absolute Gasteiger partial charge is 0.368 e. The molecule has 0 radical (unpaired) electrons. The number of amides is 2. The Balaban J connectivity index is 2.65. The van der Waals surface area contributed by atoms with Gasteiger partial charge < -0.3 is 11.1 Å². The fourth-order valence-electron chi connectivity index (χ4n) is 2.21. The van der Waals surface area contributed by atoms with E-state index in [1.807, 2.05) is 32.0 Å². The number of primary amides is 1. The Hall–Kier alpha value is -2.17. The average molecular weight is 318 g/mol. The Morgan fingerprint density at radius 2 is 1.70 bits per heavy atom. The lowest BCUT2D eigenvalue weighted by molar-refractivity contribution is -0.134. The van der Waals surface area contributed by atoms with Crippen LogP contribution in [0.4, 0.5) is 0 Å². The van der Waals surface area contributed by atoms with Gasteiger partial charge in [0.15, 0.2) is 5.78 Å². The van der Waals surface area contributed by atoms with Gasteiger partial charge in [0.1, 0.15) is 6.04 Å². The van der Waals surface area contributed by atoms with Crippen LogP contribution in [0.15, 0.2) is 30.3 Å². The van der Waals surface area contributed by atoms with E-state index in [0.717, 1.165) is 0 Å². The maximum atomic E-state index is 12.4. The van der Waals surface area contributed by atoms with Crippen molar-refractivity contribution >= 4 is 17.6 Å². The van der Waals surface area contributed by atoms with Crippen LogP contribution in [0.1, 0.15) is 50.9 Å². The summed E-state index contributed by atoms with van der Waals surface area (Å²) in [5.74, 6) is -0.902. The minimum Gasteiger partial charge on any atom is -0.368 e. The van der Waals surface area contributed by atoms with E-state index in [-0.39, 0.29) is 24.0 Å². The fraction of sp³-hybridized carbons (Fsp3) is 0.500. The highest BCUT2D eigenvalue weighted by Crippen LogP contribution is 2.24. The summed E-state index contributed by atoms with van der Waals surface area (Å²) in [5.41, 5.74) is 5.20. The molecule has 0 heterocycles. The smallest absolute Gasteiger partial charge is 0.240 e. The Morgan fingerprint density at radius 1 is 1.13 bits per heavy atom. The van der Waals surface area contributed by atoms with E-state index in [2.05, 4.69) is 5.32 Å². The van der Waals surface area contributed by atoms with Crippen molar-refractivity contribution in [1.82, 2.24) is 5.32 Å². The number of carbonyl (C=O) groups is 3. The van der Waals surface area contributed by atoms with Gasteiger partial charge in [-0.2, -0.15) is 0 Å². The number of hydrogen-bond acceptors (Lipinski definition) is 3. The van der Waals surface area contributed by atoms with Crippen LogP contribution < -0.4 is 11.1 Å². The van der Waals surface area contributed by atoms with Gasteiger partial charge >= 0.3 is 0 Å². The van der Waals surface area contributed by atoms with Crippen molar-refractivity contribution in [2.24, 2.45) is 17.1 Å². The molecule has 0 aliphatic rings. The van der Waals surface area contributed by atoms with Crippen LogP contribution in [0, 0.1) is 11.3 Å². The van der Waals surface area contributed by atoms with Crippen molar-refractivity contribution in [2.75, 3.05) is 0 Å². The highest BCUT2D eigenvalue weighted by Gasteiger charge is 2.32. The predicted molar refractivity (Wildman–Crippen MR) is 89.8 cm³/mol. The van der Waals surface area contributed by atoms with Gasteiger partial charge in [-0.25, -0.2) is 0 Å². The second kappa shape index (κ2) is 7.90. The molecule has 1 aromatic rings. The fourth-order valence-corrected chi connectivity index (χ4v) is 2.21. The summed E-state index contributed by atoms with van der Waals surface area (Å²) < 4.78 is 0. The summed E-state index contributed by atoms with van der Waals surface area (Å²) in [7, 11) is 0. The minimum atomic E-state index is -0.757. The second-order valence-electron chi connectivity index (χ2n) is 6.77. The molecule has 1 aromatic carbocycles. The SMILES string of the molecule is CC(C)C(NC(=O)C(C)(C)CCC(=O)c1ccccc1)C(N)=O. The third-order valence-corrected chi connectivity index (χ3v) is 3.95. The van der Waals surface area contributed by atoms with Gasteiger partial charge in [-0.1, -0.05) is 58.0 Å². The zero-order valence-electron chi connectivity index (χ0n) is 14.3. The maximum absolute atomic E-state index is 12.4. The van der Waals surface area contributed by atoms with Crippen molar-refractivity contribution in [1.29, 1.82) is 0 Å². The van der Waals surface area contributed by atoms with Crippen LogP contribution in [-0.2, 0) is 9.59 Å². The van der Waals surface area contributed by atoms with E-state index in [4.69, 9.17) is 5.73 Å². The highest BCUT2D eigenvalue weighted by atomic mass is 16.2. The van der Waals surface area contributed by atoms with Crippen LogP contribution >= 0.6 is 0 Å². The van der Waals surface area contributed by atoms with E-state index >= 15 is 0 Å². The summed E-state index contributed by atoms with van der Waals surface area (Å²) >= 11 is 0. The summed E-state index contributed by atoms with van der Waals surface area (Å²) in [4.78, 5) is 36.0. The molecule has 0 spiro atoms. The molecule has 0 aromatic heterocycles. The number of nitrogens with one attached hydrogen (secondary N) is 1. The molecule has 23 heavy (non-hydrogen) atoms. The number of rotatable bonds is 8. The monoisotopic (exact) mass is 318 g/mol. The first-order chi connectivity index (χ1) is 10.6. The molecule has 0 saturated carbocycles. The topological polar surface area (TPSA) is 89.3 Å². The number of benzene rings is 1. The molecule has 0 aliphatic heterocycles. The van der Waals surface area contributed by atoms with Crippen LogP contribution in [0.5, 0.6) is 0 Å². The number of Topliss-reactive ketones (excluding diaryl/α,β-unsaturated/α-hetero) is 1. The van der Waals surface area contributed by atoms with Crippen molar-refractivity contribution < 1.29 is 14.4 Å². The third kappa shape index (κ3) is 5.51. The van der Waals surface area contributed by atoms with Crippen molar-refractivity contribution in [3.8, 4) is 0 Å². The number of hydrogen-bond donors (Lipinski definition) is 2. The van der Waals surface area contributed by atoms with E-state index in [0.29, 0.717) is 12.0 Å². The van der Waals surface area contributed by atoms with Crippen LogP contribution in [0.3, 0.4) is 0 Å². The molecular weight excluding hydrogens is 292 g/mol. The molecule has 5 nitrogen and oxygen atoms in total. The molecule has 2 amide bonds. The van der Waals surface area contributed by atoms with Crippen molar-refractivity contribution in [3.63, 3.8) is 0 Å². The molecule has 5 heteroatoms. The summed E-state index contributed by atoms with van der Waals surface area (Å²) in [6.45, 7) is 7.17. The first kappa shape index (κ1) is 18.9. The maximum Gasteiger partial charge on any atom is 0.240 e. The zero-order chi connectivity index (χ0) is 17.6. The van der Waals surface area contributed by atoms with E-state index in [9.17, 15) is 14.4 Å². The first-order valence-electron chi connectivity index (χ1n) is 7.83. The number of nitrogens with two attached hydrogens (primary N) is 1. The summed E-state index contributed by atoms with van der Waals surface area (Å²) in [6.07, 6.45) is 0.670. The zero-order valence-corrected chi connectivity index (χ0v) is 14.3. The highest BCUT2D eigenvalue weighted by molar-refractivity contribution is 5.96. The number of carbonyl (C=O) groups excluding carboxylic acids is 3. The molecule has 0 saturated heterocycles. The van der Waals surface area contributed by atoms with Crippen LogP contribution in [0.25, 0.3) is 0 Å². The molecule has 0 fully saturated rings. The average Bonchev–Trinajstić information content (AvgIpc) is 2.50. The summed E-state index contributed by atoms with van der Waals surface area (Å²) in [6, 6.07) is 8.29. The normalized spacial score (nSPS) is 12.7. The molecule has 1 unspecified atom stereocenters. The van der Waals surface area contributed by atoms with Gasteiger partial charge in [0.2, 0.25) is 11.8 Å². The van der Waals surface area contributed by atoms with Gasteiger partial charge in [-0.3, -0.25) is 14.4 Å². The van der Waals surface area contributed by atoms with Gasteiger partial charge in [0, 0.05) is 17.4 Å². The first-order valence-corrected chi connectivity index (χ1v) is 7.83. The molecule has 1 rings (SSSR count). The quantitative estimate of drug-likeness (QED) is 0.721. The molecule has 126 valence electrons. The third-order valence-electron chi connectivity index (χ3n) is 3.95. The standard InChI is InChI=1S/C18H26N2O3/c1-12(2)15(16(19)22)20-17(23)18(3,4)11-10-14(21)13-8-6-5-7-9-13/h5-9,12,15H,10-11H2,1-4H3,(H2,19,22)(H,20,23). The van der Waals surface area contributed by atoms with Gasteiger partial charge in [-0.05, 0) is 12.3 Å². The van der Waals surface area contributed by atoms with E-state index < -0.39 is 17.4 Å². The van der Waals surface area contributed by atoms with Crippen molar-refractivity contribution in [2.45, 2.75) is 46.6 Å². The molecule has 3 N–H and O–H groups in total. The van der Waals surface area contributed by atoms with Gasteiger partial charge in [-0.15, -0.1) is 0 Å². The lowest BCUT2D eigenvalue weighted by Gasteiger charge is -2.27. The number of ketones is 1. The van der Waals surface area contributed by atoms with E-state index in [1.54, 1.807) is 26.0 Å². The van der Waals surface area contributed by atoms with Crippen molar-refractivity contribution in [3.05, 3.63) is 35.9 Å². The van der Waals surface area contributed by atoms with Gasteiger partial charge in [0.05, 0.1) is 0 Å². The van der Waals surface area contributed by atoms with E-state index in [1.165, 1.54) is 0 Å². The molecule has 1 atom stereocenters. The molecular formula is C18H26N2O3. The van der Waals surface area contributed by atoms with Gasteiger partial charge in [0.25, 0.3) is 0 Å². The van der Waals surface area contributed by atoms with Crippen LogP contribution in [-0.4, -0.2) is 23.6 Å². The Labute approximate surface area is 137 Å². The Bertz CT molecular complexity index is 565.